The molecule has 0 aromatic heterocycles. The van der Waals surface area contributed by atoms with Crippen molar-refractivity contribution in [3.05, 3.63) is 28.8 Å². The third-order valence-corrected chi connectivity index (χ3v) is 4.98. The standard InChI is InChI=1S/C13H20ClNO3S/c1-5-15(9-13(3,4)16)19(17,18)12-8-11(14)7-6-10(12)2/h6-8,16H,5,9H2,1-4H3. The Morgan fingerprint density at radius 2 is 1.95 bits per heavy atom. The molecule has 108 valence electrons. The van der Waals surface area contributed by atoms with Crippen LogP contribution in [0.2, 0.25) is 5.02 Å². The minimum atomic E-state index is -3.65. The van der Waals surface area contributed by atoms with Gasteiger partial charge in [0.05, 0.1) is 10.5 Å². The Balaban J connectivity index is 3.25. The largest absolute Gasteiger partial charge is 0.389 e. The molecule has 0 atom stereocenters. The van der Waals surface area contributed by atoms with Crippen molar-refractivity contribution in [2.24, 2.45) is 0 Å². The highest BCUT2D eigenvalue weighted by Gasteiger charge is 2.29. The van der Waals surface area contributed by atoms with Crippen LogP contribution in [0.4, 0.5) is 0 Å². The van der Waals surface area contributed by atoms with Gasteiger partial charge in [0.1, 0.15) is 0 Å². The molecule has 0 heterocycles. The Bertz CT molecular complexity index is 549. The molecule has 0 spiro atoms. The van der Waals surface area contributed by atoms with Crippen LogP contribution in [0.1, 0.15) is 26.3 Å². The van der Waals surface area contributed by atoms with Crippen LogP contribution >= 0.6 is 11.6 Å². The molecule has 0 saturated heterocycles. The van der Waals surface area contributed by atoms with Gasteiger partial charge in [0.2, 0.25) is 10.0 Å². The molecule has 0 aliphatic carbocycles. The van der Waals surface area contributed by atoms with Crippen LogP contribution in [0.3, 0.4) is 0 Å². The van der Waals surface area contributed by atoms with E-state index in [1.807, 2.05) is 0 Å². The smallest absolute Gasteiger partial charge is 0.243 e. The van der Waals surface area contributed by atoms with Crippen LogP contribution in [0.15, 0.2) is 23.1 Å². The van der Waals surface area contributed by atoms with E-state index in [2.05, 4.69) is 0 Å². The van der Waals surface area contributed by atoms with Crippen LogP contribution in [-0.4, -0.2) is 36.5 Å². The lowest BCUT2D eigenvalue weighted by molar-refractivity contribution is 0.0601. The van der Waals surface area contributed by atoms with E-state index < -0.39 is 15.6 Å². The van der Waals surface area contributed by atoms with Crippen LogP contribution in [0.25, 0.3) is 0 Å². The first-order valence-corrected chi connectivity index (χ1v) is 7.88. The van der Waals surface area contributed by atoms with E-state index in [9.17, 15) is 13.5 Å². The number of benzene rings is 1. The molecule has 0 unspecified atom stereocenters. The lowest BCUT2D eigenvalue weighted by Gasteiger charge is -2.28. The van der Waals surface area contributed by atoms with Gasteiger partial charge in [-0.1, -0.05) is 24.6 Å². The molecule has 0 fully saturated rings. The number of hydrogen-bond acceptors (Lipinski definition) is 3. The molecule has 0 amide bonds. The van der Waals surface area contributed by atoms with Gasteiger partial charge in [-0.2, -0.15) is 4.31 Å². The van der Waals surface area contributed by atoms with Crippen molar-refractivity contribution >= 4 is 21.6 Å². The maximum atomic E-state index is 12.6. The van der Waals surface area contributed by atoms with Crippen LogP contribution in [-0.2, 0) is 10.0 Å². The summed E-state index contributed by atoms with van der Waals surface area (Å²) in [6, 6.07) is 4.77. The molecule has 19 heavy (non-hydrogen) atoms. The maximum absolute atomic E-state index is 12.6. The Morgan fingerprint density at radius 1 is 1.37 bits per heavy atom. The van der Waals surface area contributed by atoms with Crippen molar-refractivity contribution in [2.75, 3.05) is 13.1 Å². The zero-order valence-electron chi connectivity index (χ0n) is 11.6. The minimum absolute atomic E-state index is 0.0395. The molecule has 0 aliphatic heterocycles. The van der Waals surface area contributed by atoms with E-state index in [1.54, 1.807) is 39.8 Å². The van der Waals surface area contributed by atoms with Crippen molar-refractivity contribution in [1.29, 1.82) is 0 Å². The topological polar surface area (TPSA) is 57.6 Å². The van der Waals surface area contributed by atoms with Crippen LogP contribution < -0.4 is 0 Å². The van der Waals surface area contributed by atoms with E-state index in [1.165, 1.54) is 10.4 Å². The SMILES string of the molecule is CCN(CC(C)(C)O)S(=O)(=O)c1cc(Cl)ccc1C. The molecule has 0 aliphatic rings. The van der Waals surface area contributed by atoms with Crippen molar-refractivity contribution in [1.82, 2.24) is 4.31 Å². The first-order valence-electron chi connectivity index (χ1n) is 6.06. The Morgan fingerprint density at radius 3 is 2.42 bits per heavy atom. The van der Waals surface area contributed by atoms with Gasteiger partial charge in [0.25, 0.3) is 0 Å². The first-order chi connectivity index (χ1) is 8.58. The summed E-state index contributed by atoms with van der Waals surface area (Å²) in [6.45, 7) is 6.95. The molecule has 1 N–H and O–H groups in total. The fourth-order valence-electron chi connectivity index (χ4n) is 1.79. The second-order valence-electron chi connectivity index (χ2n) is 5.15. The number of likely N-dealkylation sites (N-methyl/N-ethyl adjacent to an activating group) is 1. The monoisotopic (exact) mass is 305 g/mol. The number of hydrogen-bond donors (Lipinski definition) is 1. The van der Waals surface area contributed by atoms with Gasteiger partial charge < -0.3 is 5.11 Å². The van der Waals surface area contributed by atoms with Gasteiger partial charge in [-0.3, -0.25) is 0 Å². The fraction of sp³-hybridized carbons (Fsp3) is 0.538. The highest BCUT2D eigenvalue weighted by molar-refractivity contribution is 7.89. The molecule has 4 nitrogen and oxygen atoms in total. The number of aliphatic hydroxyl groups is 1. The summed E-state index contributed by atoms with van der Waals surface area (Å²) in [4.78, 5) is 0.186. The van der Waals surface area contributed by atoms with Crippen molar-refractivity contribution < 1.29 is 13.5 Å². The number of aryl methyl sites for hydroxylation is 1. The molecule has 1 rings (SSSR count). The van der Waals surface area contributed by atoms with E-state index in [0.717, 1.165) is 0 Å². The summed E-state index contributed by atoms with van der Waals surface area (Å²) >= 11 is 5.87. The van der Waals surface area contributed by atoms with Gasteiger partial charge in [-0.15, -0.1) is 0 Å². The average molecular weight is 306 g/mol. The summed E-state index contributed by atoms with van der Waals surface area (Å²) in [5.41, 5.74) is -0.450. The first kappa shape index (κ1) is 16.4. The molecule has 1 aromatic carbocycles. The Kier molecular flexibility index (Phi) is 5.01. The van der Waals surface area contributed by atoms with E-state index in [4.69, 9.17) is 11.6 Å². The van der Waals surface area contributed by atoms with Gasteiger partial charge in [0.15, 0.2) is 0 Å². The predicted molar refractivity (Wildman–Crippen MR) is 76.9 cm³/mol. The maximum Gasteiger partial charge on any atom is 0.243 e. The molecule has 0 saturated carbocycles. The number of rotatable bonds is 5. The third kappa shape index (κ3) is 4.18. The van der Waals surface area contributed by atoms with Crippen LogP contribution in [0, 0.1) is 6.92 Å². The number of halogens is 1. The molecule has 0 radical (unpaired) electrons. The lowest BCUT2D eigenvalue weighted by Crippen LogP contribution is -2.42. The Hall–Kier alpha value is -0.620. The lowest BCUT2D eigenvalue weighted by atomic mass is 10.1. The van der Waals surface area contributed by atoms with Crippen molar-refractivity contribution in [2.45, 2.75) is 38.2 Å². The molecule has 1 aromatic rings. The highest BCUT2D eigenvalue weighted by atomic mass is 35.5. The van der Waals surface area contributed by atoms with E-state index in [0.29, 0.717) is 10.6 Å². The predicted octanol–water partition coefficient (Wildman–Crippen LogP) is 2.43. The number of sulfonamides is 1. The highest BCUT2D eigenvalue weighted by Crippen LogP contribution is 2.24. The molecular formula is C13H20ClNO3S. The van der Waals surface area contributed by atoms with Crippen molar-refractivity contribution in [3.8, 4) is 0 Å². The number of nitrogens with zero attached hydrogens (tertiary/aromatic N) is 1. The quantitative estimate of drug-likeness (QED) is 0.909. The zero-order chi connectivity index (χ0) is 14.8. The summed E-state index contributed by atoms with van der Waals surface area (Å²) < 4.78 is 26.4. The van der Waals surface area contributed by atoms with E-state index in [-0.39, 0.29) is 18.0 Å². The summed E-state index contributed by atoms with van der Waals surface area (Å²) in [5.74, 6) is 0. The van der Waals surface area contributed by atoms with Gasteiger partial charge in [0, 0.05) is 18.1 Å². The van der Waals surface area contributed by atoms with Crippen molar-refractivity contribution in [3.63, 3.8) is 0 Å². The van der Waals surface area contributed by atoms with E-state index >= 15 is 0 Å². The average Bonchev–Trinajstić information content (AvgIpc) is 2.27. The minimum Gasteiger partial charge on any atom is -0.389 e. The Labute approximate surface area is 120 Å². The van der Waals surface area contributed by atoms with Gasteiger partial charge in [-0.25, -0.2) is 8.42 Å². The summed E-state index contributed by atoms with van der Waals surface area (Å²) in [7, 11) is -3.65. The van der Waals surface area contributed by atoms with Crippen LogP contribution in [0.5, 0.6) is 0 Å². The second-order valence-corrected chi connectivity index (χ2v) is 7.50. The van der Waals surface area contributed by atoms with Gasteiger partial charge in [-0.05, 0) is 38.5 Å². The molecular weight excluding hydrogens is 286 g/mol. The fourth-order valence-corrected chi connectivity index (χ4v) is 3.88. The second kappa shape index (κ2) is 5.79. The summed E-state index contributed by atoms with van der Waals surface area (Å²) in [5, 5.41) is 10.2. The molecule has 6 heteroatoms. The summed E-state index contributed by atoms with van der Waals surface area (Å²) in [6.07, 6.45) is 0. The molecule has 0 bridgehead atoms. The normalized spacial score (nSPS) is 13.0. The van der Waals surface area contributed by atoms with Gasteiger partial charge >= 0.3 is 0 Å². The third-order valence-electron chi connectivity index (χ3n) is 2.68. The zero-order valence-corrected chi connectivity index (χ0v) is 13.2.